The highest BCUT2D eigenvalue weighted by Gasteiger charge is 2.08. The predicted octanol–water partition coefficient (Wildman–Crippen LogP) is -0.848. The van der Waals surface area contributed by atoms with E-state index in [1.54, 1.807) is 6.92 Å². The van der Waals surface area contributed by atoms with Gasteiger partial charge in [0.15, 0.2) is 0 Å². The number of aromatic nitrogens is 2. The third-order valence-corrected chi connectivity index (χ3v) is 1.32. The minimum atomic E-state index is -0.806. The number of methoxy groups -OCH3 is 1. The molecule has 10 nitrogen and oxygen atoms in total. The normalized spacial score (nSPS) is 10.0. The molecule has 0 aliphatic rings. The molecule has 1 heterocycles. The van der Waals surface area contributed by atoms with Gasteiger partial charge in [-0.1, -0.05) is 10.3 Å². The molecule has 100 valence electrons. The van der Waals surface area contributed by atoms with Crippen LogP contribution in [0.5, 0.6) is 0 Å². The Kier molecular flexibility index (Phi) is 7.25. The van der Waals surface area contributed by atoms with Gasteiger partial charge in [0.05, 0.1) is 13.7 Å². The predicted molar refractivity (Wildman–Crippen MR) is 55.7 cm³/mol. The van der Waals surface area contributed by atoms with Crippen LogP contribution in [0.15, 0.2) is 16.1 Å². The van der Waals surface area contributed by atoms with Crippen LogP contribution in [-0.2, 0) is 14.3 Å². The molecule has 0 unspecified atom stereocenters. The average molecular weight is 260 g/mol. The minimum Gasteiger partial charge on any atom is -0.463 e. The first kappa shape index (κ1) is 15.3. The lowest BCUT2D eigenvalue weighted by Crippen LogP contribution is -2.25. The molecule has 0 saturated carbocycles. The zero-order chi connectivity index (χ0) is 14.0. The van der Waals surface area contributed by atoms with Crippen molar-refractivity contribution in [3.05, 3.63) is 12.2 Å². The standard InChI is InChI=1S/C4H4N2O3.C4H8N2O3/c1-8-4(7)3-5-2-9-6-3;1-2-9-4(7)3(5)6-8/h2H,1H3;8H,2H2,1H3,(H2,5,6). The topological polar surface area (TPSA) is 150 Å². The first-order chi connectivity index (χ1) is 8.56. The SMILES string of the molecule is CCOC(=O)/C(N)=N/O.COC(=O)c1ncon1. The third-order valence-electron chi connectivity index (χ3n) is 1.32. The summed E-state index contributed by atoms with van der Waals surface area (Å²) >= 11 is 0. The second-order valence-electron chi connectivity index (χ2n) is 2.45. The van der Waals surface area contributed by atoms with E-state index in [9.17, 15) is 9.59 Å². The molecule has 0 spiro atoms. The van der Waals surface area contributed by atoms with Gasteiger partial charge in [0, 0.05) is 0 Å². The maximum Gasteiger partial charge on any atom is 0.379 e. The second-order valence-corrected chi connectivity index (χ2v) is 2.45. The van der Waals surface area contributed by atoms with Gasteiger partial charge in [-0.15, -0.1) is 0 Å². The smallest absolute Gasteiger partial charge is 0.379 e. The van der Waals surface area contributed by atoms with E-state index >= 15 is 0 Å². The summed E-state index contributed by atoms with van der Waals surface area (Å²) in [5.41, 5.74) is 4.83. The molecule has 1 rings (SSSR count). The van der Waals surface area contributed by atoms with Gasteiger partial charge < -0.3 is 24.9 Å². The lowest BCUT2D eigenvalue weighted by Gasteiger charge is -1.96. The maximum absolute atomic E-state index is 10.5. The van der Waals surface area contributed by atoms with Crippen molar-refractivity contribution < 1.29 is 28.8 Å². The zero-order valence-electron chi connectivity index (χ0n) is 9.69. The molecule has 0 saturated heterocycles. The van der Waals surface area contributed by atoms with Crippen molar-refractivity contribution in [1.82, 2.24) is 10.1 Å². The molecular formula is C8H12N4O6. The van der Waals surface area contributed by atoms with Crippen LogP contribution in [0, 0.1) is 0 Å². The fourth-order valence-electron chi connectivity index (χ4n) is 0.598. The van der Waals surface area contributed by atoms with Gasteiger partial charge >= 0.3 is 11.9 Å². The third kappa shape index (κ3) is 5.44. The van der Waals surface area contributed by atoms with Crippen LogP contribution in [0.2, 0.25) is 0 Å². The van der Waals surface area contributed by atoms with Crippen molar-refractivity contribution in [1.29, 1.82) is 0 Å². The zero-order valence-corrected chi connectivity index (χ0v) is 9.69. The number of oxime groups is 1. The van der Waals surface area contributed by atoms with Gasteiger partial charge in [-0.05, 0) is 6.92 Å². The fourth-order valence-corrected chi connectivity index (χ4v) is 0.598. The number of nitrogens with two attached hydrogens (primary N) is 1. The van der Waals surface area contributed by atoms with Gasteiger partial charge in [0.2, 0.25) is 12.2 Å². The Labute approximate surface area is 101 Å². The van der Waals surface area contributed by atoms with Crippen LogP contribution in [0.4, 0.5) is 0 Å². The molecule has 0 aliphatic carbocycles. The van der Waals surface area contributed by atoms with Crippen molar-refractivity contribution in [3.63, 3.8) is 0 Å². The molecule has 0 aromatic carbocycles. The Morgan fingerprint density at radius 3 is 2.67 bits per heavy atom. The Bertz CT molecular complexity index is 402. The number of esters is 2. The monoisotopic (exact) mass is 260 g/mol. The van der Waals surface area contributed by atoms with E-state index in [-0.39, 0.29) is 12.4 Å². The molecule has 1 aromatic rings. The number of carbonyl (C=O) groups excluding carboxylic acids is 2. The molecule has 0 radical (unpaired) electrons. The molecule has 0 fully saturated rings. The molecule has 1 aromatic heterocycles. The summed E-state index contributed by atoms with van der Waals surface area (Å²) in [6, 6.07) is 0. The molecule has 0 amide bonds. The Morgan fingerprint density at radius 2 is 2.28 bits per heavy atom. The van der Waals surface area contributed by atoms with E-state index in [0.29, 0.717) is 0 Å². The number of carbonyl (C=O) groups is 2. The van der Waals surface area contributed by atoms with Crippen LogP contribution in [0.1, 0.15) is 17.5 Å². The Hall–Kier alpha value is -2.65. The number of hydrogen-bond acceptors (Lipinski definition) is 9. The second kappa shape index (κ2) is 8.50. The summed E-state index contributed by atoms with van der Waals surface area (Å²) in [6.45, 7) is 1.84. The average Bonchev–Trinajstić information content (AvgIpc) is 2.91. The first-order valence-corrected chi connectivity index (χ1v) is 4.56. The summed E-state index contributed by atoms with van der Waals surface area (Å²) in [6.07, 6.45) is 1.06. The van der Waals surface area contributed by atoms with Crippen LogP contribution in [-0.4, -0.2) is 46.8 Å². The Morgan fingerprint density at radius 1 is 1.61 bits per heavy atom. The molecule has 10 heteroatoms. The van der Waals surface area contributed by atoms with Crippen molar-refractivity contribution in [3.8, 4) is 0 Å². The molecule has 3 N–H and O–H groups in total. The quantitative estimate of drug-likeness (QED) is 0.228. The summed E-state index contributed by atoms with van der Waals surface area (Å²) in [4.78, 5) is 24.2. The summed E-state index contributed by atoms with van der Waals surface area (Å²) < 4.78 is 12.9. The molecule has 0 aliphatic heterocycles. The van der Waals surface area contributed by atoms with Crippen LogP contribution >= 0.6 is 0 Å². The van der Waals surface area contributed by atoms with E-state index in [0.717, 1.165) is 6.39 Å². The highest BCUT2D eigenvalue weighted by atomic mass is 16.5. The van der Waals surface area contributed by atoms with Gasteiger partial charge in [-0.3, -0.25) is 0 Å². The van der Waals surface area contributed by atoms with Crippen molar-refractivity contribution >= 4 is 17.8 Å². The van der Waals surface area contributed by atoms with Crippen molar-refractivity contribution in [2.75, 3.05) is 13.7 Å². The van der Waals surface area contributed by atoms with E-state index in [1.165, 1.54) is 7.11 Å². The fraction of sp³-hybridized carbons (Fsp3) is 0.375. The number of amidine groups is 1. The summed E-state index contributed by atoms with van der Waals surface area (Å²) in [7, 11) is 1.25. The highest BCUT2D eigenvalue weighted by molar-refractivity contribution is 6.34. The van der Waals surface area contributed by atoms with Gasteiger partial charge in [0.25, 0.3) is 5.82 Å². The molecular weight excluding hydrogens is 248 g/mol. The van der Waals surface area contributed by atoms with E-state index in [2.05, 4.69) is 29.3 Å². The van der Waals surface area contributed by atoms with Crippen LogP contribution < -0.4 is 5.73 Å². The summed E-state index contributed by atoms with van der Waals surface area (Å²) in [5, 5.41) is 13.5. The molecule has 0 bridgehead atoms. The number of nitrogens with zero attached hydrogens (tertiary/aromatic N) is 3. The van der Waals surface area contributed by atoms with E-state index in [4.69, 9.17) is 10.9 Å². The van der Waals surface area contributed by atoms with Crippen LogP contribution in [0.3, 0.4) is 0 Å². The number of hydrogen-bond donors (Lipinski definition) is 2. The lowest BCUT2D eigenvalue weighted by molar-refractivity contribution is -0.135. The summed E-state index contributed by atoms with van der Waals surface area (Å²) in [5.74, 6) is -1.99. The number of ether oxygens (including phenoxy) is 2. The van der Waals surface area contributed by atoms with Gasteiger partial charge in [-0.2, -0.15) is 4.98 Å². The van der Waals surface area contributed by atoms with Gasteiger partial charge in [0.1, 0.15) is 0 Å². The van der Waals surface area contributed by atoms with Gasteiger partial charge in [-0.25, -0.2) is 9.59 Å². The lowest BCUT2D eigenvalue weighted by atomic mass is 10.6. The first-order valence-electron chi connectivity index (χ1n) is 4.56. The maximum atomic E-state index is 10.5. The molecule has 18 heavy (non-hydrogen) atoms. The number of rotatable bonds is 2. The van der Waals surface area contributed by atoms with E-state index < -0.39 is 17.8 Å². The highest BCUT2D eigenvalue weighted by Crippen LogP contribution is 1.89. The van der Waals surface area contributed by atoms with Crippen molar-refractivity contribution in [2.24, 2.45) is 10.9 Å². The minimum absolute atomic E-state index is 0.0579. The van der Waals surface area contributed by atoms with E-state index in [1.807, 2.05) is 0 Å². The largest absolute Gasteiger partial charge is 0.463 e. The molecule has 0 atom stereocenters. The Balaban J connectivity index is 0.000000321. The van der Waals surface area contributed by atoms with Crippen molar-refractivity contribution in [2.45, 2.75) is 6.92 Å². The van der Waals surface area contributed by atoms with Crippen LogP contribution in [0.25, 0.3) is 0 Å².